The average molecular weight is 141 g/mol. The molecular weight excluding hydrogens is 126 g/mol. The molecule has 0 aliphatic rings. The van der Waals surface area contributed by atoms with Crippen molar-refractivity contribution < 1.29 is 5.11 Å². The largest absolute Gasteiger partial charge is 0.388 e. The molecule has 0 aliphatic carbocycles. The summed E-state index contributed by atoms with van der Waals surface area (Å²) < 4.78 is 0. The predicted octanol–water partition coefficient (Wildman–Crippen LogP) is 0.370. The highest BCUT2D eigenvalue weighted by Gasteiger charge is 2.16. The van der Waals surface area contributed by atoms with E-state index in [9.17, 15) is 5.11 Å². The van der Waals surface area contributed by atoms with E-state index in [-0.39, 0.29) is 0 Å². The highest BCUT2D eigenvalue weighted by Crippen LogP contribution is 2.05. The Kier molecular flexibility index (Phi) is 4.10. The minimum Gasteiger partial charge on any atom is -0.388 e. The van der Waals surface area contributed by atoms with Crippen LogP contribution >= 0.6 is 0 Å². The van der Waals surface area contributed by atoms with Gasteiger partial charge in [0.05, 0.1) is 5.60 Å². The van der Waals surface area contributed by atoms with Crippen molar-refractivity contribution in [2.45, 2.75) is 25.9 Å². The standard InChI is InChI=1S/C8H15NO/c1-4-6-8(3,10)7-9-5-2/h1,9-10H,5-7H2,2-3H3. The van der Waals surface area contributed by atoms with E-state index in [1.807, 2.05) is 6.92 Å². The van der Waals surface area contributed by atoms with Crippen LogP contribution in [0, 0.1) is 12.3 Å². The van der Waals surface area contributed by atoms with Gasteiger partial charge in [-0.3, -0.25) is 0 Å². The van der Waals surface area contributed by atoms with Gasteiger partial charge < -0.3 is 10.4 Å². The lowest BCUT2D eigenvalue weighted by Crippen LogP contribution is -2.37. The topological polar surface area (TPSA) is 32.3 Å². The van der Waals surface area contributed by atoms with Gasteiger partial charge >= 0.3 is 0 Å². The molecular formula is C8H15NO. The summed E-state index contributed by atoms with van der Waals surface area (Å²) in [5.41, 5.74) is -0.745. The van der Waals surface area contributed by atoms with Gasteiger partial charge in [0, 0.05) is 13.0 Å². The van der Waals surface area contributed by atoms with Crippen molar-refractivity contribution in [3.63, 3.8) is 0 Å². The van der Waals surface area contributed by atoms with Crippen LogP contribution in [0.3, 0.4) is 0 Å². The van der Waals surface area contributed by atoms with E-state index in [0.717, 1.165) is 6.54 Å². The second kappa shape index (κ2) is 4.32. The Morgan fingerprint density at radius 3 is 2.70 bits per heavy atom. The molecule has 1 unspecified atom stereocenters. The Morgan fingerprint density at radius 1 is 1.70 bits per heavy atom. The van der Waals surface area contributed by atoms with E-state index in [2.05, 4.69) is 11.2 Å². The van der Waals surface area contributed by atoms with E-state index >= 15 is 0 Å². The van der Waals surface area contributed by atoms with Crippen molar-refractivity contribution in [1.29, 1.82) is 0 Å². The van der Waals surface area contributed by atoms with E-state index in [4.69, 9.17) is 6.42 Å². The molecule has 0 heterocycles. The summed E-state index contributed by atoms with van der Waals surface area (Å²) in [4.78, 5) is 0. The van der Waals surface area contributed by atoms with Gasteiger partial charge in [0.2, 0.25) is 0 Å². The van der Waals surface area contributed by atoms with Crippen LogP contribution in [0.1, 0.15) is 20.3 Å². The molecule has 0 amide bonds. The average Bonchev–Trinajstić information content (AvgIpc) is 1.84. The Morgan fingerprint density at radius 2 is 2.30 bits per heavy atom. The number of aliphatic hydroxyl groups is 1. The summed E-state index contributed by atoms with van der Waals surface area (Å²) >= 11 is 0. The highest BCUT2D eigenvalue weighted by atomic mass is 16.3. The summed E-state index contributed by atoms with van der Waals surface area (Å²) in [5.74, 6) is 2.43. The first kappa shape index (κ1) is 9.48. The zero-order valence-electron chi connectivity index (χ0n) is 6.65. The second-order valence-corrected chi connectivity index (χ2v) is 2.66. The molecule has 2 heteroatoms. The van der Waals surface area contributed by atoms with Crippen LogP contribution in [-0.2, 0) is 0 Å². The monoisotopic (exact) mass is 141 g/mol. The SMILES string of the molecule is C#CCC(C)(O)CNCC. The third-order valence-corrected chi connectivity index (χ3v) is 1.24. The third-order valence-electron chi connectivity index (χ3n) is 1.24. The quantitative estimate of drug-likeness (QED) is 0.554. The highest BCUT2D eigenvalue weighted by molar-refractivity contribution is 4.93. The molecule has 0 fully saturated rings. The zero-order valence-corrected chi connectivity index (χ0v) is 6.65. The van der Waals surface area contributed by atoms with E-state index in [0.29, 0.717) is 13.0 Å². The molecule has 2 N–H and O–H groups in total. The van der Waals surface area contributed by atoms with Gasteiger partial charge in [-0.05, 0) is 13.5 Å². The van der Waals surface area contributed by atoms with Crippen LogP contribution in [0.4, 0.5) is 0 Å². The molecule has 0 aromatic heterocycles. The first-order chi connectivity index (χ1) is 4.62. The van der Waals surface area contributed by atoms with E-state index in [1.165, 1.54) is 0 Å². The molecule has 0 rings (SSSR count). The molecule has 58 valence electrons. The molecule has 0 aromatic carbocycles. The Bertz CT molecular complexity index is 124. The number of terminal acetylenes is 1. The first-order valence-corrected chi connectivity index (χ1v) is 3.49. The number of rotatable bonds is 4. The number of hydrogen-bond donors (Lipinski definition) is 2. The molecule has 0 saturated carbocycles. The van der Waals surface area contributed by atoms with E-state index < -0.39 is 5.60 Å². The van der Waals surface area contributed by atoms with Gasteiger partial charge in [-0.15, -0.1) is 12.3 Å². The van der Waals surface area contributed by atoms with Crippen LogP contribution in [0.2, 0.25) is 0 Å². The van der Waals surface area contributed by atoms with Crippen LogP contribution in [0.5, 0.6) is 0 Å². The number of hydrogen-bond acceptors (Lipinski definition) is 2. The van der Waals surface area contributed by atoms with Gasteiger partial charge in [0.25, 0.3) is 0 Å². The fourth-order valence-electron chi connectivity index (χ4n) is 0.677. The molecule has 0 bridgehead atoms. The van der Waals surface area contributed by atoms with Crippen molar-refractivity contribution in [3.05, 3.63) is 0 Å². The second-order valence-electron chi connectivity index (χ2n) is 2.66. The maximum Gasteiger partial charge on any atom is 0.0852 e. The van der Waals surface area contributed by atoms with Crippen molar-refractivity contribution >= 4 is 0 Å². The lowest BCUT2D eigenvalue weighted by Gasteiger charge is -2.20. The van der Waals surface area contributed by atoms with Crippen molar-refractivity contribution in [2.24, 2.45) is 0 Å². The maximum atomic E-state index is 9.44. The summed E-state index contributed by atoms with van der Waals surface area (Å²) in [7, 11) is 0. The molecule has 0 saturated heterocycles. The van der Waals surface area contributed by atoms with Crippen LogP contribution in [-0.4, -0.2) is 23.8 Å². The minimum absolute atomic E-state index is 0.403. The molecule has 0 spiro atoms. The Labute approximate surface area is 62.6 Å². The maximum absolute atomic E-state index is 9.44. The molecule has 0 aromatic rings. The smallest absolute Gasteiger partial charge is 0.0852 e. The first-order valence-electron chi connectivity index (χ1n) is 3.49. The number of likely N-dealkylation sites (N-methyl/N-ethyl adjacent to an activating group) is 1. The van der Waals surface area contributed by atoms with Crippen molar-refractivity contribution in [1.82, 2.24) is 5.32 Å². The molecule has 1 atom stereocenters. The van der Waals surface area contributed by atoms with Crippen molar-refractivity contribution in [3.8, 4) is 12.3 Å². The fourth-order valence-corrected chi connectivity index (χ4v) is 0.677. The van der Waals surface area contributed by atoms with Gasteiger partial charge in [-0.2, -0.15) is 0 Å². The fraction of sp³-hybridized carbons (Fsp3) is 0.750. The molecule has 10 heavy (non-hydrogen) atoms. The van der Waals surface area contributed by atoms with Gasteiger partial charge in [-0.25, -0.2) is 0 Å². The van der Waals surface area contributed by atoms with Gasteiger partial charge in [0.15, 0.2) is 0 Å². The summed E-state index contributed by atoms with van der Waals surface area (Å²) in [5, 5.41) is 12.5. The zero-order chi connectivity index (χ0) is 8.04. The number of nitrogens with one attached hydrogen (secondary N) is 1. The van der Waals surface area contributed by atoms with Gasteiger partial charge in [0.1, 0.15) is 0 Å². The molecule has 0 aliphatic heterocycles. The van der Waals surface area contributed by atoms with Crippen LogP contribution < -0.4 is 5.32 Å². The summed E-state index contributed by atoms with van der Waals surface area (Å²) in [6.07, 6.45) is 5.45. The van der Waals surface area contributed by atoms with Crippen LogP contribution in [0.25, 0.3) is 0 Å². The normalized spacial score (nSPS) is 15.8. The minimum atomic E-state index is -0.745. The predicted molar refractivity (Wildman–Crippen MR) is 42.6 cm³/mol. The Hall–Kier alpha value is -0.520. The third kappa shape index (κ3) is 4.37. The van der Waals surface area contributed by atoms with Crippen molar-refractivity contribution in [2.75, 3.05) is 13.1 Å². The van der Waals surface area contributed by atoms with Gasteiger partial charge in [-0.1, -0.05) is 6.92 Å². The lowest BCUT2D eigenvalue weighted by molar-refractivity contribution is 0.0658. The van der Waals surface area contributed by atoms with E-state index in [1.54, 1.807) is 6.92 Å². The molecule has 2 nitrogen and oxygen atoms in total. The summed E-state index contributed by atoms with van der Waals surface area (Å²) in [6.45, 7) is 5.15. The Balaban J connectivity index is 3.55. The van der Waals surface area contributed by atoms with Crippen LogP contribution in [0.15, 0.2) is 0 Å². The summed E-state index contributed by atoms with van der Waals surface area (Å²) in [6, 6.07) is 0. The lowest BCUT2D eigenvalue weighted by atomic mass is 10.0. The molecule has 0 radical (unpaired) electrons.